The molecule has 0 atom stereocenters. The minimum Gasteiger partial charge on any atom is -0.460 e. The molecule has 1 aromatic heterocycles. The molecule has 122 valence electrons. The van der Waals surface area contributed by atoms with Crippen molar-refractivity contribution in [1.82, 2.24) is 4.98 Å². The van der Waals surface area contributed by atoms with Crippen LogP contribution in [-0.4, -0.2) is 29.3 Å². The molecule has 0 unspecified atom stereocenters. The number of hydrogen-bond acceptors (Lipinski definition) is 7. The minimum atomic E-state index is -0.437. The highest BCUT2D eigenvalue weighted by atomic mass is 16.7. The van der Waals surface area contributed by atoms with E-state index in [2.05, 4.69) is 20.4 Å². The summed E-state index contributed by atoms with van der Waals surface area (Å²) in [5.41, 5.74) is 1.33. The van der Waals surface area contributed by atoms with Crippen LogP contribution in [0.1, 0.15) is 44.7 Å². The average Bonchev–Trinajstić information content (AvgIpc) is 2.41. The van der Waals surface area contributed by atoms with E-state index in [1.165, 1.54) is 6.21 Å². The molecule has 1 rings (SSSR count). The molecule has 1 aromatic rings. The van der Waals surface area contributed by atoms with Crippen LogP contribution >= 0.6 is 0 Å². The molecule has 0 spiro atoms. The maximum atomic E-state index is 11.6. The van der Waals surface area contributed by atoms with Crippen molar-refractivity contribution < 1.29 is 14.5 Å². The summed E-state index contributed by atoms with van der Waals surface area (Å²) in [7, 11) is 0. The summed E-state index contributed by atoms with van der Waals surface area (Å²) < 4.78 is 5.25. The SMILES string of the molecule is Cc1cc(C=NON)cnc1NCCCC(=O)OC(C)(C)C. The fourth-order valence-corrected chi connectivity index (χ4v) is 1.78. The van der Waals surface area contributed by atoms with E-state index in [0.717, 1.165) is 16.9 Å². The molecule has 22 heavy (non-hydrogen) atoms. The van der Waals surface area contributed by atoms with Gasteiger partial charge in [-0.15, -0.1) is 5.90 Å². The molecule has 0 fully saturated rings. The number of nitrogens with zero attached hydrogens (tertiary/aromatic N) is 2. The van der Waals surface area contributed by atoms with E-state index in [1.807, 2.05) is 33.8 Å². The van der Waals surface area contributed by atoms with Gasteiger partial charge >= 0.3 is 5.97 Å². The predicted octanol–water partition coefficient (Wildman–Crippen LogP) is 2.15. The number of aromatic nitrogens is 1. The number of pyridine rings is 1. The Kier molecular flexibility index (Phi) is 6.78. The highest BCUT2D eigenvalue weighted by Gasteiger charge is 2.15. The lowest BCUT2D eigenvalue weighted by Gasteiger charge is -2.19. The maximum Gasteiger partial charge on any atom is 0.306 e. The second kappa shape index (κ2) is 8.33. The third-order valence-corrected chi connectivity index (χ3v) is 2.63. The summed E-state index contributed by atoms with van der Waals surface area (Å²) in [4.78, 5) is 20.0. The number of nitrogens with two attached hydrogens (primary N) is 1. The Balaban J connectivity index is 2.39. The number of rotatable bonds is 7. The third kappa shape index (κ3) is 7.03. The number of carbonyl (C=O) groups is 1. The Bertz CT molecular complexity index is 524. The van der Waals surface area contributed by atoms with Crippen LogP contribution in [-0.2, 0) is 14.5 Å². The lowest BCUT2D eigenvalue weighted by molar-refractivity contribution is -0.154. The Hall–Kier alpha value is -2.15. The Morgan fingerprint density at radius 3 is 2.82 bits per heavy atom. The van der Waals surface area contributed by atoms with Crippen molar-refractivity contribution in [3.8, 4) is 0 Å². The zero-order valence-corrected chi connectivity index (χ0v) is 13.5. The third-order valence-electron chi connectivity index (χ3n) is 2.63. The first-order valence-corrected chi connectivity index (χ1v) is 7.13. The highest BCUT2D eigenvalue weighted by Crippen LogP contribution is 2.13. The van der Waals surface area contributed by atoms with Gasteiger partial charge in [-0.2, -0.15) is 0 Å². The average molecular weight is 308 g/mol. The minimum absolute atomic E-state index is 0.188. The number of oxime groups is 1. The number of aryl methyl sites for hydroxylation is 1. The van der Waals surface area contributed by atoms with Crippen molar-refractivity contribution >= 4 is 18.0 Å². The summed E-state index contributed by atoms with van der Waals surface area (Å²) in [5.74, 6) is 5.41. The number of nitrogens with one attached hydrogen (secondary N) is 1. The van der Waals surface area contributed by atoms with E-state index >= 15 is 0 Å². The zero-order chi connectivity index (χ0) is 16.6. The number of anilines is 1. The quantitative estimate of drug-likeness (QED) is 0.346. The molecule has 0 aliphatic heterocycles. The summed E-state index contributed by atoms with van der Waals surface area (Å²) in [6, 6.07) is 1.91. The van der Waals surface area contributed by atoms with Crippen LogP contribution in [0.5, 0.6) is 0 Å². The Labute approximate surface area is 130 Å². The van der Waals surface area contributed by atoms with Crippen LogP contribution in [0, 0.1) is 6.92 Å². The molecule has 0 aromatic carbocycles. The van der Waals surface area contributed by atoms with E-state index in [0.29, 0.717) is 19.4 Å². The molecule has 0 aliphatic carbocycles. The van der Waals surface area contributed by atoms with E-state index in [-0.39, 0.29) is 5.97 Å². The van der Waals surface area contributed by atoms with Crippen molar-refractivity contribution in [2.75, 3.05) is 11.9 Å². The Morgan fingerprint density at radius 2 is 2.23 bits per heavy atom. The van der Waals surface area contributed by atoms with Gasteiger partial charge in [0.05, 0.1) is 6.21 Å². The monoisotopic (exact) mass is 308 g/mol. The second-order valence-corrected chi connectivity index (χ2v) is 5.89. The summed E-state index contributed by atoms with van der Waals surface area (Å²) in [6.45, 7) is 8.15. The molecule has 7 heteroatoms. The van der Waals surface area contributed by atoms with Gasteiger partial charge in [-0.25, -0.2) is 4.98 Å². The first-order chi connectivity index (χ1) is 10.3. The van der Waals surface area contributed by atoms with Gasteiger partial charge in [0, 0.05) is 24.7 Å². The molecular formula is C15H24N4O3. The molecule has 0 amide bonds. The van der Waals surface area contributed by atoms with E-state index < -0.39 is 5.60 Å². The largest absolute Gasteiger partial charge is 0.460 e. The molecule has 3 N–H and O–H groups in total. The van der Waals surface area contributed by atoms with Crippen LogP contribution < -0.4 is 11.2 Å². The number of carbonyl (C=O) groups excluding carboxylic acids is 1. The lowest BCUT2D eigenvalue weighted by Crippen LogP contribution is -2.24. The van der Waals surface area contributed by atoms with Crippen molar-refractivity contribution in [3.63, 3.8) is 0 Å². The van der Waals surface area contributed by atoms with Gasteiger partial charge in [0.25, 0.3) is 0 Å². The summed E-state index contributed by atoms with van der Waals surface area (Å²) in [5, 5.41) is 6.67. The topological polar surface area (TPSA) is 98.8 Å². The van der Waals surface area contributed by atoms with Gasteiger partial charge in [0.2, 0.25) is 0 Å². The van der Waals surface area contributed by atoms with Crippen molar-refractivity contribution in [2.24, 2.45) is 11.1 Å². The molecule has 0 aliphatic rings. The molecule has 0 saturated heterocycles. The van der Waals surface area contributed by atoms with E-state index in [4.69, 9.17) is 10.6 Å². The molecule has 0 radical (unpaired) electrons. The Morgan fingerprint density at radius 1 is 1.50 bits per heavy atom. The van der Waals surface area contributed by atoms with Gasteiger partial charge in [-0.1, -0.05) is 5.16 Å². The van der Waals surface area contributed by atoms with Crippen LogP contribution in [0.15, 0.2) is 17.4 Å². The van der Waals surface area contributed by atoms with E-state index in [1.54, 1.807) is 6.20 Å². The van der Waals surface area contributed by atoms with Crippen LogP contribution in [0.4, 0.5) is 5.82 Å². The number of hydrogen-bond donors (Lipinski definition) is 2. The van der Waals surface area contributed by atoms with Gasteiger partial charge in [0.15, 0.2) is 0 Å². The zero-order valence-electron chi connectivity index (χ0n) is 13.5. The smallest absolute Gasteiger partial charge is 0.306 e. The molecule has 1 heterocycles. The van der Waals surface area contributed by atoms with E-state index in [9.17, 15) is 4.79 Å². The van der Waals surface area contributed by atoms with Gasteiger partial charge in [0.1, 0.15) is 11.4 Å². The molecular weight excluding hydrogens is 284 g/mol. The maximum absolute atomic E-state index is 11.6. The molecule has 0 bridgehead atoms. The highest BCUT2D eigenvalue weighted by molar-refractivity contribution is 5.79. The predicted molar refractivity (Wildman–Crippen MR) is 85.4 cm³/mol. The van der Waals surface area contributed by atoms with Gasteiger partial charge in [-0.3, -0.25) is 4.79 Å². The first-order valence-electron chi connectivity index (χ1n) is 7.13. The number of esters is 1. The molecule has 0 saturated carbocycles. The first kappa shape index (κ1) is 17.9. The van der Waals surface area contributed by atoms with Crippen molar-refractivity contribution in [3.05, 3.63) is 23.4 Å². The lowest BCUT2D eigenvalue weighted by atomic mass is 10.2. The fraction of sp³-hybridized carbons (Fsp3) is 0.533. The van der Waals surface area contributed by atoms with Crippen LogP contribution in [0.2, 0.25) is 0 Å². The second-order valence-electron chi connectivity index (χ2n) is 5.89. The normalized spacial score (nSPS) is 11.5. The summed E-state index contributed by atoms with van der Waals surface area (Å²) >= 11 is 0. The van der Waals surface area contributed by atoms with Crippen molar-refractivity contribution in [1.29, 1.82) is 0 Å². The fourth-order valence-electron chi connectivity index (χ4n) is 1.78. The van der Waals surface area contributed by atoms with Gasteiger partial charge < -0.3 is 15.0 Å². The summed E-state index contributed by atoms with van der Waals surface area (Å²) in [6.07, 6.45) is 4.19. The van der Waals surface area contributed by atoms with Gasteiger partial charge in [-0.05, 0) is 45.7 Å². The van der Waals surface area contributed by atoms with Crippen LogP contribution in [0.25, 0.3) is 0 Å². The number of ether oxygens (including phenoxy) is 1. The van der Waals surface area contributed by atoms with Crippen LogP contribution in [0.3, 0.4) is 0 Å². The van der Waals surface area contributed by atoms with Crippen molar-refractivity contribution in [2.45, 2.75) is 46.1 Å². The standard InChI is InChI=1S/C15H24N4O3/c1-11-8-12(10-19-22-16)9-18-14(11)17-7-5-6-13(20)21-15(2,3)4/h8-10H,5-7,16H2,1-4H3,(H,17,18). The molecule has 7 nitrogen and oxygen atoms in total.